The molecule has 1 N–H and O–H groups in total. The van der Waals surface area contributed by atoms with Gasteiger partial charge in [-0.25, -0.2) is 0 Å². The molecule has 0 atom stereocenters. The quantitative estimate of drug-likeness (QED) is 0.601. The maximum absolute atomic E-state index is 9.50. The van der Waals surface area contributed by atoms with Crippen molar-refractivity contribution >= 4 is 58.0 Å². The van der Waals surface area contributed by atoms with Gasteiger partial charge in [-0.2, -0.15) is 0 Å². The minimum atomic E-state index is -0.168. The zero-order chi connectivity index (χ0) is 13.4. The molecule has 0 aliphatic heterocycles. The highest BCUT2D eigenvalue weighted by molar-refractivity contribution is 6.49. The molecule has 2 aromatic carbocycles. The predicted molar refractivity (Wildman–Crippen MR) is 78.6 cm³/mol. The maximum atomic E-state index is 9.50. The first-order valence-electron chi connectivity index (χ1n) is 4.73. The van der Waals surface area contributed by atoms with E-state index in [1.807, 2.05) is 0 Å². The van der Waals surface area contributed by atoms with Gasteiger partial charge in [0.25, 0.3) is 0 Å². The molecule has 0 saturated carbocycles. The summed E-state index contributed by atoms with van der Waals surface area (Å²) >= 11 is 29.6. The Bertz CT molecular complexity index is 601. The first kappa shape index (κ1) is 14.1. The number of halogens is 5. The highest BCUT2D eigenvalue weighted by atomic mass is 35.5. The standard InChI is InChI=1S/C12H5Cl5O/c13-7-2-1-6(10(16)11(7)17)5-3-8(14)12(18)9(15)4-5/h1-4,18H. The van der Waals surface area contributed by atoms with E-state index in [2.05, 4.69) is 0 Å². The molecule has 0 aliphatic rings. The normalized spacial score (nSPS) is 10.7. The van der Waals surface area contributed by atoms with Crippen molar-refractivity contribution in [2.75, 3.05) is 0 Å². The predicted octanol–water partition coefficient (Wildman–Crippen LogP) is 6.33. The summed E-state index contributed by atoms with van der Waals surface area (Å²) in [5.41, 5.74) is 1.28. The fraction of sp³-hybridized carbons (Fsp3) is 0. The van der Waals surface area contributed by atoms with E-state index in [0.717, 1.165) is 0 Å². The lowest BCUT2D eigenvalue weighted by Crippen LogP contribution is -1.83. The Morgan fingerprint density at radius 1 is 0.722 bits per heavy atom. The number of rotatable bonds is 1. The van der Waals surface area contributed by atoms with Gasteiger partial charge >= 0.3 is 0 Å². The smallest absolute Gasteiger partial charge is 0.152 e. The van der Waals surface area contributed by atoms with E-state index in [4.69, 9.17) is 58.0 Å². The van der Waals surface area contributed by atoms with Crippen molar-refractivity contribution in [3.63, 3.8) is 0 Å². The van der Waals surface area contributed by atoms with Crippen LogP contribution in [0, 0.1) is 0 Å². The summed E-state index contributed by atoms with van der Waals surface area (Å²) in [7, 11) is 0. The third kappa shape index (κ3) is 2.52. The van der Waals surface area contributed by atoms with Crippen LogP contribution in [0.1, 0.15) is 0 Å². The highest BCUT2D eigenvalue weighted by Gasteiger charge is 2.13. The van der Waals surface area contributed by atoms with Gasteiger partial charge in [-0.15, -0.1) is 0 Å². The third-order valence-corrected chi connectivity index (χ3v) is 4.23. The molecule has 0 amide bonds. The van der Waals surface area contributed by atoms with Gasteiger partial charge in [-0.3, -0.25) is 0 Å². The minimum Gasteiger partial charge on any atom is -0.505 e. The largest absolute Gasteiger partial charge is 0.505 e. The number of aromatic hydroxyl groups is 1. The molecule has 2 rings (SSSR count). The van der Waals surface area contributed by atoms with Crippen LogP contribution >= 0.6 is 58.0 Å². The summed E-state index contributed by atoms with van der Waals surface area (Å²) in [4.78, 5) is 0. The molecule has 1 nitrogen and oxygen atoms in total. The molecule has 18 heavy (non-hydrogen) atoms. The van der Waals surface area contributed by atoms with Crippen LogP contribution < -0.4 is 0 Å². The van der Waals surface area contributed by atoms with Gasteiger partial charge in [0.1, 0.15) is 0 Å². The topological polar surface area (TPSA) is 20.2 Å². The number of benzene rings is 2. The van der Waals surface area contributed by atoms with Gasteiger partial charge in [0, 0.05) is 5.56 Å². The Balaban J connectivity index is 2.67. The van der Waals surface area contributed by atoms with Crippen LogP contribution in [0.3, 0.4) is 0 Å². The first-order valence-corrected chi connectivity index (χ1v) is 6.62. The van der Waals surface area contributed by atoms with Crippen molar-refractivity contribution in [3.8, 4) is 16.9 Å². The minimum absolute atomic E-state index is 0.139. The second-order valence-corrected chi connectivity index (χ2v) is 5.49. The fourth-order valence-corrected chi connectivity index (χ4v) is 2.60. The lowest BCUT2D eigenvalue weighted by atomic mass is 10.1. The lowest BCUT2D eigenvalue weighted by Gasteiger charge is -2.09. The van der Waals surface area contributed by atoms with Gasteiger partial charge in [0.15, 0.2) is 5.75 Å². The Morgan fingerprint density at radius 3 is 1.83 bits per heavy atom. The summed E-state index contributed by atoms with van der Waals surface area (Å²) in [6.45, 7) is 0. The van der Waals surface area contributed by atoms with Crippen molar-refractivity contribution in [2.24, 2.45) is 0 Å². The Morgan fingerprint density at radius 2 is 1.28 bits per heavy atom. The van der Waals surface area contributed by atoms with Gasteiger partial charge in [-0.1, -0.05) is 64.1 Å². The van der Waals surface area contributed by atoms with E-state index in [1.165, 1.54) is 0 Å². The zero-order valence-electron chi connectivity index (χ0n) is 8.65. The third-order valence-electron chi connectivity index (χ3n) is 2.36. The molecule has 94 valence electrons. The number of phenols is 1. The molecule has 0 spiro atoms. The first-order chi connectivity index (χ1) is 8.41. The van der Waals surface area contributed by atoms with E-state index in [1.54, 1.807) is 24.3 Å². The second-order valence-electron chi connectivity index (χ2n) is 3.51. The molecule has 2 aromatic rings. The van der Waals surface area contributed by atoms with Crippen LogP contribution in [0.2, 0.25) is 25.1 Å². The second kappa shape index (κ2) is 5.36. The van der Waals surface area contributed by atoms with Crippen LogP contribution in [0.25, 0.3) is 11.1 Å². The van der Waals surface area contributed by atoms with Crippen LogP contribution in [0.5, 0.6) is 5.75 Å². The zero-order valence-corrected chi connectivity index (χ0v) is 12.4. The monoisotopic (exact) mass is 340 g/mol. The van der Waals surface area contributed by atoms with Crippen molar-refractivity contribution in [3.05, 3.63) is 49.4 Å². The number of phenolic OH excluding ortho intramolecular Hbond substituents is 1. The van der Waals surface area contributed by atoms with Gasteiger partial charge < -0.3 is 5.11 Å². The van der Waals surface area contributed by atoms with Crippen molar-refractivity contribution in [2.45, 2.75) is 0 Å². The van der Waals surface area contributed by atoms with Crippen molar-refractivity contribution in [1.29, 1.82) is 0 Å². The number of hydrogen-bond acceptors (Lipinski definition) is 1. The lowest BCUT2D eigenvalue weighted by molar-refractivity contribution is 0.476. The van der Waals surface area contributed by atoms with Crippen molar-refractivity contribution in [1.82, 2.24) is 0 Å². The van der Waals surface area contributed by atoms with Crippen LogP contribution in [0.15, 0.2) is 24.3 Å². The van der Waals surface area contributed by atoms with Crippen molar-refractivity contribution < 1.29 is 5.11 Å². The molecule has 0 aromatic heterocycles. The average molecular weight is 342 g/mol. The van der Waals surface area contributed by atoms with Crippen LogP contribution in [-0.2, 0) is 0 Å². The summed E-state index contributed by atoms with van der Waals surface area (Å²) in [5.74, 6) is -0.168. The van der Waals surface area contributed by atoms with Gasteiger partial charge in [0.2, 0.25) is 0 Å². The van der Waals surface area contributed by atoms with E-state index < -0.39 is 0 Å². The molecule has 0 saturated heterocycles. The molecular formula is C12H5Cl5O. The van der Waals surface area contributed by atoms with Gasteiger partial charge in [0.05, 0.1) is 25.1 Å². The summed E-state index contributed by atoms with van der Waals surface area (Å²) in [6, 6.07) is 6.43. The average Bonchev–Trinajstić information content (AvgIpc) is 2.33. The Hall–Kier alpha value is -0.310. The fourth-order valence-electron chi connectivity index (χ4n) is 1.47. The molecular weight excluding hydrogens is 337 g/mol. The Labute approximate surface area is 129 Å². The summed E-state index contributed by atoms with van der Waals surface area (Å²) in [5, 5.41) is 10.7. The summed E-state index contributed by atoms with van der Waals surface area (Å²) in [6.07, 6.45) is 0. The molecule has 0 bridgehead atoms. The SMILES string of the molecule is Oc1c(Cl)cc(-c2ccc(Cl)c(Cl)c2Cl)cc1Cl. The van der Waals surface area contributed by atoms with E-state index >= 15 is 0 Å². The highest BCUT2D eigenvalue weighted by Crippen LogP contribution is 2.42. The molecule has 0 heterocycles. The number of hydrogen-bond donors (Lipinski definition) is 1. The summed E-state index contributed by atoms with van der Waals surface area (Å²) < 4.78 is 0. The van der Waals surface area contributed by atoms with Crippen LogP contribution in [0.4, 0.5) is 0 Å². The molecule has 0 radical (unpaired) electrons. The van der Waals surface area contributed by atoms with E-state index in [0.29, 0.717) is 21.2 Å². The molecule has 0 aliphatic carbocycles. The van der Waals surface area contributed by atoms with Crippen LogP contribution in [-0.4, -0.2) is 5.11 Å². The van der Waals surface area contributed by atoms with E-state index in [9.17, 15) is 5.11 Å². The molecule has 0 unspecified atom stereocenters. The molecule has 0 fully saturated rings. The maximum Gasteiger partial charge on any atom is 0.152 e. The Kier molecular flexibility index (Phi) is 4.20. The van der Waals surface area contributed by atoms with Gasteiger partial charge in [-0.05, 0) is 23.8 Å². The van der Waals surface area contributed by atoms with E-state index in [-0.39, 0.29) is 20.8 Å². The molecule has 6 heteroatoms.